The first-order valence-electron chi connectivity index (χ1n) is 9.82. The molecular formula is C27H24FN. The van der Waals surface area contributed by atoms with Crippen LogP contribution in [0.5, 0.6) is 0 Å². The molecule has 0 aliphatic rings. The molecule has 1 N–H and O–H groups in total. The topological polar surface area (TPSA) is 12.0 Å². The Kier molecular flexibility index (Phi) is 5.18. The summed E-state index contributed by atoms with van der Waals surface area (Å²) in [4.78, 5) is 0. The second-order valence-corrected chi connectivity index (χ2v) is 7.51. The van der Waals surface area contributed by atoms with Gasteiger partial charge in [0.1, 0.15) is 5.82 Å². The molecule has 2 heteroatoms. The van der Waals surface area contributed by atoms with Crippen molar-refractivity contribution >= 4 is 11.4 Å². The average Bonchev–Trinajstić information content (AvgIpc) is 2.72. The van der Waals surface area contributed by atoms with E-state index < -0.39 is 0 Å². The van der Waals surface area contributed by atoms with Crippen molar-refractivity contribution in [2.75, 3.05) is 5.32 Å². The minimum atomic E-state index is -0.260. The molecule has 0 bridgehead atoms. The third kappa shape index (κ3) is 3.93. The van der Waals surface area contributed by atoms with E-state index in [0.29, 0.717) is 5.69 Å². The molecular weight excluding hydrogens is 357 g/mol. The molecule has 0 atom stereocenters. The molecule has 0 heterocycles. The van der Waals surface area contributed by atoms with Crippen LogP contribution in [-0.4, -0.2) is 0 Å². The fraction of sp³-hybridized carbons (Fsp3) is 0.111. The normalized spacial score (nSPS) is 10.8. The van der Waals surface area contributed by atoms with Crippen molar-refractivity contribution in [1.82, 2.24) is 0 Å². The van der Waals surface area contributed by atoms with Crippen LogP contribution in [0.3, 0.4) is 0 Å². The molecule has 0 unspecified atom stereocenters. The molecule has 0 fully saturated rings. The summed E-state index contributed by atoms with van der Waals surface area (Å²) >= 11 is 0. The predicted molar refractivity (Wildman–Crippen MR) is 121 cm³/mol. The van der Waals surface area contributed by atoms with E-state index in [-0.39, 0.29) is 5.82 Å². The van der Waals surface area contributed by atoms with Gasteiger partial charge in [-0.3, -0.25) is 0 Å². The summed E-state index contributed by atoms with van der Waals surface area (Å²) < 4.78 is 15.4. The van der Waals surface area contributed by atoms with Crippen LogP contribution >= 0.6 is 0 Å². The Morgan fingerprint density at radius 2 is 1.14 bits per heavy atom. The Hall–Kier alpha value is -3.39. The van der Waals surface area contributed by atoms with Crippen LogP contribution in [0.1, 0.15) is 16.7 Å². The average molecular weight is 381 g/mol. The van der Waals surface area contributed by atoms with Gasteiger partial charge < -0.3 is 5.32 Å². The van der Waals surface area contributed by atoms with Gasteiger partial charge in [0, 0.05) is 11.3 Å². The highest BCUT2D eigenvalue weighted by molar-refractivity contribution is 5.86. The highest BCUT2D eigenvalue weighted by Gasteiger charge is 2.16. The molecule has 1 nitrogen and oxygen atoms in total. The maximum absolute atomic E-state index is 15.4. The van der Waals surface area contributed by atoms with Crippen LogP contribution in [0.15, 0.2) is 84.9 Å². The molecule has 4 aromatic rings. The highest BCUT2D eigenvalue weighted by atomic mass is 19.1. The van der Waals surface area contributed by atoms with Gasteiger partial charge in [-0.2, -0.15) is 0 Å². The number of hydrogen-bond donors (Lipinski definition) is 1. The fourth-order valence-corrected chi connectivity index (χ4v) is 3.88. The monoisotopic (exact) mass is 381 g/mol. The standard InChI is InChI=1S/C27H24FN/c1-18-14-19(2)26(20(3)15-18)29-27-24(22-12-8-5-9-13-22)16-23(17-25(27)28)21-10-6-4-7-11-21/h4-17,29H,1-3H3. The third-order valence-electron chi connectivity index (χ3n) is 5.21. The molecule has 0 saturated heterocycles. The molecule has 29 heavy (non-hydrogen) atoms. The summed E-state index contributed by atoms with van der Waals surface area (Å²) in [6.45, 7) is 6.19. The number of hydrogen-bond acceptors (Lipinski definition) is 1. The van der Waals surface area contributed by atoms with Crippen LogP contribution in [0, 0.1) is 26.6 Å². The SMILES string of the molecule is Cc1cc(C)c(Nc2c(F)cc(-c3ccccc3)cc2-c2ccccc2)c(C)c1. The summed E-state index contributed by atoms with van der Waals surface area (Å²) in [5.74, 6) is -0.260. The van der Waals surface area contributed by atoms with Crippen LogP contribution in [0.4, 0.5) is 15.8 Å². The van der Waals surface area contributed by atoms with Gasteiger partial charge in [-0.1, -0.05) is 78.4 Å². The first-order chi connectivity index (χ1) is 14.0. The Balaban J connectivity index is 1.90. The Labute approximate surface area is 171 Å². The molecule has 144 valence electrons. The Morgan fingerprint density at radius 3 is 1.72 bits per heavy atom. The molecule has 4 rings (SSSR count). The molecule has 0 aromatic heterocycles. The zero-order valence-electron chi connectivity index (χ0n) is 17.0. The van der Waals surface area contributed by atoms with Crippen molar-refractivity contribution in [3.8, 4) is 22.3 Å². The van der Waals surface area contributed by atoms with Gasteiger partial charge in [0.2, 0.25) is 0 Å². The summed E-state index contributed by atoms with van der Waals surface area (Å²) in [6.07, 6.45) is 0. The zero-order chi connectivity index (χ0) is 20.4. The maximum Gasteiger partial charge on any atom is 0.147 e. The molecule has 4 aromatic carbocycles. The number of rotatable bonds is 4. The lowest BCUT2D eigenvalue weighted by atomic mass is 9.96. The lowest BCUT2D eigenvalue weighted by molar-refractivity contribution is 0.633. The number of nitrogens with one attached hydrogen (secondary N) is 1. The quantitative estimate of drug-likeness (QED) is 0.380. The third-order valence-corrected chi connectivity index (χ3v) is 5.21. The van der Waals surface area contributed by atoms with E-state index in [0.717, 1.165) is 39.1 Å². The van der Waals surface area contributed by atoms with Crippen LogP contribution < -0.4 is 5.32 Å². The van der Waals surface area contributed by atoms with E-state index in [1.54, 1.807) is 6.07 Å². The second-order valence-electron chi connectivity index (χ2n) is 7.51. The van der Waals surface area contributed by atoms with Gasteiger partial charge >= 0.3 is 0 Å². The van der Waals surface area contributed by atoms with Crippen molar-refractivity contribution in [2.24, 2.45) is 0 Å². The first kappa shape index (κ1) is 18.9. The Morgan fingerprint density at radius 1 is 0.586 bits per heavy atom. The second kappa shape index (κ2) is 7.92. The number of halogens is 1. The van der Waals surface area contributed by atoms with Gasteiger partial charge in [-0.15, -0.1) is 0 Å². The molecule has 0 amide bonds. The van der Waals surface area contributed by atoms with Gasteiger partial charge in [0.25, 0.3) is 0 Å². The molecule has 0 spiro atoms. The first-order valence-corrected chi connectivity index (χ1v) is 9.82. The van der Waals surface area contributed by atoms with Crippen LogP contribution in [0.25, 0.3) is 22.3 Å². The van der Waals surface area contributed by atoms with Crippen molar-refractivity contribution in [3.05, 3.63) is 107 Å². The van der Waals surface area contributed by atoms with Crippen molar-refractivity contribution in [1.29, 1.82) is 0 Å². The van der Waals surface area contributed by atoms with E-state index in [2.05, 4.69) is 44.3 Å². The highest BCUT2D eigenvalue weighted by Crippen LogP contribution is 2.38. The van der Waals surface area contributed by atoms with E-state index >= 15 is 4.39 Å². The zero-order valence-corrected chi connectivity index (χ0v) is 17.0. The van der Waals surface area contributed by atoms with Crippen LogP contribution in [0.2, 0.25) is 0 Å². The lowest BCUT2D eigenvalue weighted by Gasteiger charge is -2.19. The van der Waals surface area contributed by atoms with E-state index in [1.165, 1.54) is 5.56 Å². The van der Waals surface area contributed by atoms with E-state index in [9.17, 15) is 0 Å². The summed E-state index contributed by atoms with van der Waals surface area (Å²) in [6, 6.07) is 27.8. The van der Waals surface area contributed by atoms with Gasteiger partial charge in [-0.05, 0) is 60.7 Å². The maximum atomic E-state index is 15.4. The summed E-state index contributed by atoms with van der Waals surface area (Å²) in [5, 5.41) is 3.41. The largest absolute Gasteiger partial charge is 0.352 e. The summed E-state index contributed by atoms with van der Waals surface area (Å²) in [7, 11) is 0. The molecule has 0 aliphatic heterocycles. The molecule has 0 aliphatic carbocycles. The summed E-state index contributed by atoms with van der Waals surface area (Å²) in [5.41, 5.74) is 8.57. The van der Waals surface area contributed by atoms with Crippen molar-refractivity contribution < 1.29 is 4.39 Å². The number of anilines is 2. The van der Waals surface area contributed by atoms with E-state index in [1.807, 2.05) is 60.7 Å². The molecule has 0 saturated carbocycles. The minimum absolute atomic E-state index is 0.260. The lowest BCUT2D eigenvalue weighted by Crippen LogP contribution is -2.02. The smallest absolute Gasteiger partial charge is 0.147 e. The van der Waals surface area contributed by atoms with Crippen molar-refractivity contribution in [3.63, 3.8) is 0 Å². The molecule has 0 radical (unpaired) electrons. The fourth-order valence-electron chi connectivity index (χ4n) is 3.88. The van der Waals surface area contributed by atoms with Crippen LogP contribution in [-0.2, 0) is 0 Å². The number of benzene rings is 4. The minimum Gasteiger partial charge on any atom is -0.352 e. The van der Waals surface area contributed by atoms with Gasteiger partial charge in [0.05, 0.1) is 5.69 Å². The predicted octanol–water partition coefficient (Wildman–Crippen LogP) is 7.83. The van der Waals surface area contributed by atoms with Gasteiger partial charge in [-0.25, -0.2) is 4.39 Å². The number of aryl methyl sites for hydroxylation is 3. The van der Waals surface area contributed by atoms with Gasteiger partial charge in [0.15, 0.2) is 0 Å². The Bertz CT molecular complexity index is 1130. The van der Waals surface area contributed by atoms with E-state index in [4.69, 9.17) is 0 Å². The van der Waals surface area contributed by atoms with Crippen molar-refractivity contribution in [2.45, 2.75) is 20.8 Å².